The molecule has 0 fully saturated rings. The molecule has 0 heterocycles. The zero-order valence-electron chi connectivity index (χ0n) is 14.8. The fourth-order valence-electron chi connectivity index (χ4n) is 2.78. The molecule has 0 saturated carbocycles. The molecule has 25 heavy (non-hydrogen) atoms. The molecule has 134 valence electrons. The molecule has 0 aromatic heterocycles. The van der Waals surface area contributed by atoms with Crippen molar-refractivity contribution in [2.24, 2.45) is 11.7 Å². The lowest BCUT2D eigenvalue weighted by atomic mass is 9.88. The largest absolute Gasteiger partial charge is 0.460 e. The van der Waals surface area contributed by atoms with Crippen molar-refractivity contribution in [3.63, 3.8) is 0 Å². The van der Waals surface area contributed by atoms with Crippen molar-refractivity contribution < 1.29 is 19.4 Å². The number of aldehydes is 1. The van der Waals surface area contributed by atoms with Gasteiger partial charge in [-0.25, -0.2) is 0 Å². The second-order valence-electron chi connectivity index (χ2n) is 7.19. The topological polar surface area (TPSA) is 89.6 Å². The summed E-state index contributed by atoms with van der Waals surface area (Å²) in [5.41, 5.74) is 5.86. The summed E-state index contributed by atoms with van der Waals surface area (Å²) in [6.07, 6.45) is -0.629. The molecule has 5 nitrogen and oxygen atoms in total. The molecule has 2 unspecified atom stereocenters. The molecule has 0 aliphatic carbocycles. The normalized spacial score (nSPS) is 15.4. The van der Waals surface area contributed by atoms with Crippen LogP contribution >= 0.6 is 0 Å². The fraction of sp³-hybridized carbons (Fsp3) is 0.400. The Kier molecular flexibility index (Phi) is 5.93. The predicted octanol–water partition coefficient (Wildman–Crippen LogP) is 2.23. The molecule has 0 spiro atoms. The highest BCUT2D eigenvalue weighted by atomic mass is 16.6. The number of fused-ring (bicyclic) bond motifs is 1. The van der Waals surface area contributed by atoms with Gasteiger partial charge in [-0.1, -0.05) is 42.5 Å². The van der Waals surface area contributed by atoms with Crippen molar-refractivity contribution in [3.8, 4) is 0 Å². The number of ether oxygens (including phenoxy) is 1. The number of carbonyl (C=O) groups excluding carboxylic acids is 2. The first-order valence-corrected chi connectivity index (χ1v) is 8.31. The molecule has 0 saturated heterocycles. The van der Waals surface area contributed by atoms with E-state index in [-0.39, 0.29) is 6.42 Å². The highest BCUT2D eigenvalue weighted by molar-refractivity contribution is 5.86. The van der Waals surface area contributed by atoms with Crippen LogP contribution < -0.4 is 5.73 Å². The fourth-order valence-corrected chi connectivity index (χ4v) is 2.78. The van der Waals surface area contributed by atoms with Gasteiger partial charge in [0.05, 0.1) is 18.1 Å². The van der Waals surface area contributed by atoms with E-state index >= 15 is 0 Å². The lowest BCUT2D eigenvalue weighted by molar-refractivity contribution is -0.164. The molecule has 0 amide bonds. The second-order valence-corrected chi connectivity index (χ2v) is 7.19. The molecule has 3 atom stereocenters. The minimum Gasteiger partial charge on any atom is -0.460 e. The number of nitrogens with two attached hydrogens (primary N) is 1. The second kappa shape index (κ2) is 7.76. The lowest BCUT2D eigenvalue weighted by Crippen LogP contribution is -2.46. The Bertz CT molecular complexity index is 745. The molecule has 0 aliphatic rings. The van der Waals surface area contributed by atoms with Gasteiger partial charge in [-0.2, -0.15) is 0 Å². The van der Waals surface area contributed by atoms with Gasteiger partial charge in [-0.3, -0.25) is 4.79 Å². The first kappa shape index (κ1) is 19.1. The van der Waals surface area contributed by atoms with E-state index in [0.29, 0.717) is 6.29 Å². The molecule has 0 radical (unpaired) electrons. The summed E-state index contributed by atoms with van der Waals surface area (Å²) in [5.74, 6) is -1.49. The van der Waals surface area contributed by atoms with Crippen molar-refractivity contribution in [1.29, 1.82) is 0 Å². The number of hydrogen-bond acceptors (Lipinski definition) is 5. The van der Waals surface area contributed by atoms with Crippen molar-refractivity contribution >= 4 is 23.0 Å². The maximum Gasteiger partial charge on any atom is 0.312 e. The monoisotopic (exact) mass is 343 g/mol. The van der Waals surface area contributed by atoms with E-state index in [0.717, 1.165) is 16.3 Å². The Morgan fingerprint density at radius 2 is 1.84 bits per heavy atom. The molecule has 2 aromatic carbocycles. The van der Waals surface area contributed by atoms with Gasteiger partial charge in [0.2, 0.25) is 0 Å². The zero-order valence-corrected chi connectivity index (χ0v) is 14.8. The van der Waals surface area contributed by atoms with E-state index in [1.165, 1.54) is 0 Å². The van der Waals surface area contributed by atoms with E-state index in [1.807, 2.05) is 42.5 Å². The third-order valence-electron chi connectivity index (χ3n) is 3.99. The standard InChI is InChI=1S/C20H25NO4/c1-20(2,3)25-19(24)16(18(23)17(21)12-22)11-14-9-6-8-13-7-4-5-10-15(13)14/h4-10,12,16-18,23H,11,21H2,1-3H3/t16?,17?,18-/m0/s1. The van der Waals surface area contributed by atoms with Crippen LogP contribution in [0.15, 0.2) is 42.5 Å². The van der Waals surface area contributed by atoms with Crippen LogP contribution in [0, 0.1) is 5.92 Å². The molecule has 3 N–H and O–H groups in total. The number of aliphatic hydroxyl groups excluding tert-OH is 1. The van der Waals surface area contributed by atoms with Crippen LogP contribution in [0.3, 0.4) is 0 Å². The molecule has 2 aromatic rings. The Morgan fingerprint density at radius 3 is 2.48 bits per heavy atom. The predicted molar refractivity (Wildman–Crippen MR) is 97.0 cm³/mol. The lowest BCUT2D eigenvalue weighted by Gasteiger charge is -2.28. The maximum atomic E-state index is 12.6. The number of rotatable bonds is 6. The van der Waals surface area contributed by atoms with Gasteiger partial charge in [-0.05, 0) is 43.5 Å². The van der Waals surface area contributed by atoms with Gasteiger partial charge < -0.3 is 20.4 Å². The van der Waals surface area contributed by atoms with Crippen molar-refractivity contribution in [2.75, 3.05) is 0 Å². The van der Waals surface area contributed by atoms with Gasteiger partial charge >= 0.3 is 5.97 Å². The highest BCUT2D eigenvalue weighted by Gasteiger charge is 2.34. The first-order chi connectivity index (χ1) is 11.7. The average Bonchev–Trinajstić information content (AvgIpc) is 2.56. The summed E-state index contributed by atoms with van der Waals surface area (Å²) in [5, 5.41) is 12.5. The van der Waals surface area contributed by atoms with Crippen LogP contribution in [0.25, 0.3) is 10.8 Å². The summed E-state index contributed by atoms with van der Waals surface area (Å²) in [6.45, 7) is 5.27. The van der Waals surface area contributed by atoms with Gasteiger partial charge in [0.1, 0.15) is 11.9 Å². The quantitative estimate of drug-likeness (QED) is 0.620. The van der Waals surface area contributed by atoms with Crippen molar-refractivity contribution in [2.45, 2.75) is 44.9 Å². The van der Waals surface area contributed by atoms with Gasteiger partial charge in [0, 0.05) is 0 Å². The Hall–Kier alpha value is -2.24. The molecular weight excluding hydrogens is 318 g/mol. The number of carbonyl (C=O) groups is 2. The van der Waals surface area contributed by atoms with Crippen LogP contribution in [0.1, 0.15) is 26.3 Å². The van der Waals surface area contributed by atoms with E-state index in [9.17, 15) is 14.7 Å². The maximum absolute atomic E-state index is 12.6. The summed E-state index contributed by atoms with van der Waals surface area (Å²) < 4.78 is 5.43. The number of hydrogen-bond donors (Lipinski definition) is 2. The average molecular weight is 343 g/mol. The minimum absolute atomic E-state index is 0.235. The first-order valence-electron chi connectivity index (χ1n) is 8.31. The van der Waals surface area contributed by atoms with Crippen LogP contribution in [-0.4, -0.2) is 35.1 Å². The molecule has 2 rings (SSSR count). The van der Waals surface area contributed by atoms with E-state index in [2.05, 4.69) is 0 Å². The Labute approximate surface area is 147 Å². The number of aliphatic hydroxyl groups is 1. The number of benzene rings is 2. The van der Waals surface area contributed by atoms with Gasteiger partial charge in [-0.15, -0.1) is 0 Å². The van der Waals surface area contributed by atoms with Crippen LogP contribution in [0.2, 0.25) is 0 Å². The molecule has 0 bridgehead atoms. The summed E-state index contributed by atoms with van der Waals surface area (Å²) in [7, 11) is 0. The smallest absolute Gasteiger partial charge is 0.312 e. The summed E-state index contributed by atoms with van der Waals surface area (Å²) in [4.78, 5) is 23.6. The molecular formula is C20H25NO4. The van der Waals surface area contributed by atoms with Crippen LogP contribution in [-0.2, 0) is 20.7 Å². The summed E-state index contributed by atoms with van der Waals surface area (Å²) in [6, 6.07) is 12.4. The minimum atomic E-state index is -1.31. The molecule has 5 heteroatoms. The SMILES string of the molecule is CC(C)(C)OC(=O)C(Cc1cccc2ccccc12)[C@H](O)C(N)C=O. The third kappa shape index (κ3) is 4.87. The van der Waals surface area contributed by atoms with E-state index < -0.39 is 29.6 Å². The van der Waals surface area contributed by atoms with Crippen molar-refractivity contribution in [3.05, 3.63) is 48.0 Å². The van der Waals surface area contributed by atoms with Crippen LogP contribution in [0.4, 0.5) is 0 Å². The Morgan fingerprint density at radius 1 is 1.20 bits per heavy atom. The Balaban J connectivity index is 2.37. The third-order valence-corrected chi connectivity index (χ3v) is 3.99. The van der Waals surface area contributed by atoms with E-state index in [1.54, 1.807) is 20.8 Å². The van der Waals surface area contributed by atoms with Crippen molar-refractivity contribution in [1.82, 2.24) is 0 Å². The van der Waals surface area contributed by atoms with Gasteiger partial charge in [0.25, 0.3) is 0 Å². The zero-order chi connectivity index (χ0) is 18.6. The molecule has 0 aliphatic heterocycles. The van der Waals surface area contributed by atoms with Crippen LogP contribution in [0.5, 0.6) is 0 Å². The summed E-state index contributed by atoms with van der Waals surface area (Å²) >= 11 is 0. The van der Waals surface area contributed by atoms with Gasteiger partial charge in [0.15, 0.2) is 0 Å². The number of esters is 1. The highest BCUT2D eigenvalue weighted by Crippen LogP contribution is 2.25. The van der Waals surface area contributed by atoms with E-state index in [4.69, 9.17) is 10.5 Å².